The molecule has 1 aliphatic rings. The number of hydrogen-bond donors (Lipinski definition) is 1. The van der Waals surface area contributed by atoms with Crippen LogP contribution < -0.4 is 9.46 Å². The highest BCUT2D eigenvalue weighted by Crippen LogP contribution is 2.23. The Balaban J connectivity index is 1.31. The van der Waals surface area contributed by atoms with Crippen LogP contribution in [-0.2, 0) is 14.8 Å². The minimum atomic E-state index is -3.95. The molecule has 0 heterocycles. The fourth-order valence-electron chi connectivity index (χ4n) is 3.95. The molecule has 1 aliphatic carbocycles. The molecule has 0 atom stereocenters. The van der Waals surface area contributed by atoms with E-state index in [4.69, 9.17) is 4.74 Å². The Kier molecular flexibility index (Phi) is 9.07. The molecule has 39 heavy (non-hydrogen) atoms. The average molecular weight is 540 g/mol. The van der Waals surface area contributed by atoms with Gasteiger partial charge in [0.2, 0.25) is 0 Å². The first-order valence-corrected chi connectivity index (χ1v) is 14.0. The smallest absolute Gasteiger partial charge is 0.271 e. The summed E-state index contributed by atoms with van der Waals surface area (Å²) < 4.78 is 32.1. The first-order valence-electron chi connectivity index (χ1n) is 12.5. The second-order valence-corrected chi connectivity index (χ2v) is 10.8. The average Bonchev–Trinajstić information content (AvgIpc) is 3.18. The van der Waals surface area contributed by atoms with Crippen molar-refractivity contribution in [3.63, 3.8) is 0 Å². The number of carbonyl (C=O) groups is 2. The van der Waals surface area contributed by atoms with Gasteiger partial charge in [-0.3, -0.25) is 9.59 Å². The first kappa shape index (κ1) is 27.5. The van der Waals surface area contributed by atoms with Gasteiger partial charge in [0.25, 0.3) is 15.9 Å². The molecule has 0 spiro atoms. The SMILES string of the molecule is Cc1ccc(C(=O)C2=CC=CC=C(C/C=C/c3cccc(OCC(=O)NS(=O)(=O)c4ccccc4)c3)C2)cc1. The Bertz CT molecular complexity index is 1560. The van der Waals surface area contributed by atoms with Crippen molar-refractivity contribution in [2.75, 3.05) is 6.61 Å². The zero-order valence-electron chi connectivity index (χ0n) is 21.5. The van der Waals surface area contributed by atoms with Crippen molar-refractivity contribution in [2.45, 2.75) is 24.7 Å². The normalized spacial score (nSPS) is 13.4. The predicted octanol–water partition coefficient (Wildman–Crippen LogP) is 5.98. The number of benzene rings is 3. The van der Waals surface area contributed by atoms with Gasteiger partial charge in [0.15, 0.2) is 12.4 Å². The van der Waals surface area contributed by atoms with Crippen molar-refractivity contribution in [3.05, 3.63) is 137 Å². The lowest BCUT2D eigenvalue weighted by Gasteiger charge is -2.09. The molecule has 0 aromatic heterocycles. The van der Waals surface area contributed by atoms with Crippen LogP contribution in [0, 0.1) is 6.92 Å². The van der Waals surface area contributed by atoms with Crippen molar-refractivity contribution in [1.82, 2.24) is 4.72 Å². The van der Waals surface area contributed by atoms with Crippen LogP contribution in [0.15, 0.2) is 125 Å². The maximum absolute atomic E-state index is 13.0. The number of sulfonamides is 1. The zero-order chi connectivity index (χ0) is 27.7. The van der Waals surface area contributed by atoms with Crippen molar-refractivity contribution in [2.24, 2.45) is 0 Å². The molecule has 0 bridgehead atoms. The Morgan fingerprint density at radius 2 is 1.67 bits per heavy atom. The number of carbonyl (C=O) groups excluding carboxylic acids is 2. The highest BCUT2D eigenvalue weighted by molar-refractivity contribution is 7.90. The topological polar surface area (TPSA) is 89.5 Å². The molecule has 0 saturated carbocycles. The number of ether oxygens (including phenoxy) is 1. The van der Waals surface area contributed by atoms with Crippen LogP contribution >= 0.6 is 0 Å². The molecule has 0 saturated heterocycles. The second-order valence-electron chi connectivity index (χ2n) is 9.08. The van der Waals surface area contributed by atoms with E-state index in [1.54, 1.807) is 36.4 Å². The molecule has 4 rings (SSSR count). The summed E-state index contributed by atoms with van der Waals surface area (Å²) >= 11 is 0. The number of Topliss-reactive ketones (excluding diaryl/α,β-unsaturated/α-hetero) is 1. The van der Waals surface area contributed by atoms with Crippen molar-refractivity contribution in [1.29, 1.82) is 0 Å². The summed E-state index contributed by atoms with van der Waals surface area (Å²) in [6, 6.07) is 22.4. The van der Waals surface area contributed by atoms with Crippen LogP contribution in [0.2, 0.25) is 0 Å². The molecule has 6 nitrogen and oxygen atoms in total. The van der Waals surface area contributed by atoms with Gasteiger partial charge < -0.3 is 4.74 Å². The van der Waals surface area contributed by atoms with Gasteiger partial charge in [0.05, 0.1) is 4.90 Å². The van der Waals surface area contributed by atoms with Gasteiger partial charge in [-0.1, -0.05) is 102 Å². The summed E-state index contributed by atoms with van der Waals surface area (Å²) in [5.41, 5.74) is 4.51. The van der Waals surface area contributed by atoms with E-state index < -0.39 is 22.5 Å². The minimum Gasteiger partial charge on any atom is -0.484 e. The van der Waals surface area contributed by atoms with E-state index in [1.807, 2.05) is 78.4 Å². The predicted molar refractivity (Wildman–Crippen MR) is 153 cm³/mol. The second kappa shape index (κ2) is 12.8. The molecule has 1 amide bonds. The van der Waals surface area contributed by atoms with Crippen LogP contribution in [0.25, 0.3) is 6.08 Å². The Labute approximate surface area is 229 Å². The lowest BCUT2D eigenvalue weighted by atomic mass is 9.95. The van der Waals surface area contributed by atoms with Gasteiger partial charge in [0.1, 0.15) is 5.75 Å². The van der Waals surface area contributed by atoms with Gasteiger partial charge in [0, 0.05) is 11.1 Å². The molecule has 1 N–H and O–H groups in total. The summed E-state index contributed by atoms with van der Waals surface area (Å²) in [5.74, 6) is -0.297. The van der Waals surface area contributed by atoms with Crippen LogP contribution in [-0.4, -0.2) is 26.7 Å². The maximum atomic E-state index is 13.0. The fourth-order valence-corrected chi connectivity index (χ4v) is 4.95. The number of rotatable bonds is 10. The molecule has 3 aromatic carbocycles. The quantitative estimate of drug-likeness (QED) is 0.320. The molecular weight excluding hydrogens is 510 g/mol. The van der Waals surface area contributed by atoms with Crippen LogP contribution in [0.1, 0.15) is 34.3 Å². The van der Waals surface area contributed by atoms with Crippen LogP contribution in [0.4, 0.5) is 0 Å². The van der Waals surface area contributed by atoms with Gasteiger partial charge >= 0.3 is 0 Å². The molecule has 198 valence electrons. The zero-order valence-corrected chi connectivity index (χ0v) is 22.4. The maximum Gasteiger partial charge on any atom is 0.271 e. The van der Waals surface area contributed by atoms with E-state index in [-0.39, 0.29) is 10.7 Å². The molecule has 7 heteroatoms. The standard InChI is InChI=1S/C32H29NO5S/c1-24-17-19-27(20-18-24)32(35)28-13-6-5-9-25(21-28)10-7-11-26-12-8-14-29(22-26)38-23-31(34)33-39(36,37)30-15-3-2-4-16-30/h2-9,11-20,22H,10,21,23H2,1H3,(H,33,34)/b11-7+. The molecule has 0 aliphatic heterocycles. The number of amides is 1. The van der Waals surface area contributed by atoms with E-state index in [1.165, 1.54) is 12.1 Å². The number of hydrogen-bond acceptors (Lipinski definition) is 5. The minimum absolute atomic E-state index is 0.00638. The first-order chi connectivity index (χ1) is 18.8. The number of nitrogens with one attached hydrogen (secondary N) is 1. The summed E-state index contributed by atoms with van der Waals surface area (Å²) in [5, 5.41) is 0. The van der Waals surface area contributed by atoms with E-state index >= 15 is 0 Å². The molecule has 3 aromatic rings. The number of ketones is 1. The summed E-state index contributed by atoms with van der Waals surface area (Å²) in [7, 11) is -3.95. The third kappa shape index (κ3) is 7.99. The van der Waals surface area contributed by atoms with E-state index in [9.17, 15) is 18.0 Å². The van der Waals surface area contributed by atoms with Gasteiger partial charge in [-0.05, 0) is 49.6 Å². The van der Waals surface area contributed by atoms with E-state index in [0.717, 1.165) is 22.3 Å². The molecular formula is C32H29NO5S. The third-order valence-electron chi connectivity index (χ3n) is 5.98. The van der Waals surface area contributed by atoms with Crippen molar-refractivity contribution in [3.8, 4) is 5.75 Å². The fraction of sp³-hybridized carbons (Fsp3) is 0.125. The lowest BCUT2D eigenvalue weighted by molar-refractivity contribution is -0.121. The Morgan fingerprint density at radius 1 is 0.923 bits per heavy atom. The van der Waals surface area contributed by atoms with Crippen LogP contribution in [0.5, 0.6) is 5.75 Å². The number of aryl methyl sites for hydroxylation is 1. The highest BCUT2D eigenvalue weighted by Gasteiger charge is 2.17. The lowest BCUT2D eigenvalue weighted by Crippen LogP contribution is -2.34. The monoisotopic (exact) mass is 539 g/mol. The van der Waals surface area contributed by atoms with Gasteiger partial charge in [-0.25, -0.2) is 13.1 Å². The Morgan fingerprint density at radius 3 is 2.44 bits per heavy atom. The summed E-state index contributed by atoms with van der Waals surface area (Å²) in [4.78, 5) is 25.2. The largest absolute Gasteiger partial charge is 0.484 e. The summed E-state index contributed by atoms with van der Waals surface area (Å²) in [6.07, 6.45) is 12.9. The van der Waals surface area contributed by atoms with Gasteiger partial charge in [-0.15, -0.1) is 0 Å². The molecule has 0 unspecified atom stereocenters. The molecule has 0 fully saturated rings. The van der Waals surface area contributed by atoms with E-state index in [2.05, 4.69) is 0 Å². The number of allylic oxidation sites excluding steroid dienone is 7. The van der Waals surface area contributed by atoms with Crippen molar-refractivity contribution >= 4 is 27.8 Å². The van der Waals surface area contributed by atoms with Gasteiger partial charge in [-0.2, -0.15) is 0 Å². The molecule has 0 radical (unpaired) electrons. The highest BCUT2D eigenvalue weighted by atomic mass is 32.2. The Hall–Kier alpha value is -4.49. The van der Waals surface area contributed by atoms with E-state index in [0.29, 0.717) is 24.2 Å². The summed E-state index contributed by atoms with van der Waals surface area (Å²) in [6.45, 7) is 1.55. The van der Waals surface area contributed by atoms with Crippen LogP contribution in [0.3, 0.4) is 0 Å². The van der Waals surface area contributed by atoms with Crippen molar-refractivity contribution < 1.29 is 22.7 Å². The third-order valence-corrected chi connectivity index (χ3v) is 7.37.